The first kappa shape index (κ1) is 17.9. The molecule has 0 aliphatic heterocycles. The van der Waals surface area contributed by atoms with E-state index in [2.05, 4.69) is 26.3 Å². The summed E-state index contributed by atoms with van der Waals surface area (Å²) in [6, 6.07) is 7.62. The van der Waals surface area contributed by atoms with Gasteiger partial charge in [-0.25, -0.2) is 9.07 Å². The van der Waals surface area contributed by atoms with E-state index < -0.39 is 5.82 Å². The van der Waals surface area contributed by atoms with Gasteiger partial charge < -0.3 is 10.1 Å². The summed E-state index contributed by atoms with van der Waals surface area (Å²) in [6.45, 7) is 0.324. The molecule has 0 fully saturated rings. The first-order valence-electron chi connectivity index (χ1n) is 7.13. The lowest BCUT2D eigenvalue weighted by Crippen LogP contribution is -2.22. The third-order valence-corrected chi connectivity index (χ3v) is 5.14. The van der Waals surface area contributed by atoms with Gasteiger partial charge in [0, 0.05) is 26.9 Å². The molecule has 5 nitrogen and oxygen atoms in total. The molecule has 0 radical (unpaired) electrons. The monoisotopic (exact) mass is 443 g/mol. The van der Waals surface area contributed by atoms with Crippen LogP contribution in [-0.2, 0) is 11.3 Å². The number of carbonyl (C=O) groups is 1. The summed E-state index contributed by atoms with van der Waals surface area (Å²) in [6.07, 6.45) is 1.61. The second kappa shape index (κ2) is 7.99. The maximum atomic E-state index is 13.1. The van der Waals surface area contributed by atoms with Crippen molar-refractivity contribution in [2.45, 2.75) is 6.54 Å². The number of aromatic nitrogens is 2. The van der Waals surface area contributed by atoms with Gasteiger partial charge in [0.2, 0.25) is 0 Å². The number of amides is 1. The van der Waals surface area contributed by atoms with E-state index in [9.17, 15) is 9.18 Å². The minimum absolute atomic E-state index is 0.0573. The van der Waals surface area contributed by atoms with Crippen molar-refractivity contribution in [3.05, 3.63) is 62.1 Å². The third kappa shape index (κ3) is 4.81. The van der Waals surface area contributed by atoms with Gasteiger partial charge >= 0.3 is 0 Å². The van der Waals surface area contributed by atoms with E-state index >= 15 is 0 Å². The molecule has 0 saturated heterocycles. The van der Waals surface area contributed by atoms with Gasteiger partial charge in [0.1, 0.15) is 17.4 Å². The van der Waals surface area contributed by atoms with Gasteiger partial charge in [0.05, 0.1) is 17.8 Å². The molecule has 0 atom stereocenters. The highest BCUT2D eigenvalue weighted by Gasteiger charge is 2.10. The minimum Gasteiger partial charge on any atom is -0.484 e. The zero-order valence-corrected chi connectivity index (χ0v) is 15.9. The van der Waals surface area contributed by atoms with Crippen molar-refractivity contribution in [2.24, 2.45) is 0 Å². The zero-order valence-electron chi connectivity index (χ0n) is 12.7. The molecular weight excluding hydrogens is 433 g/mol. The van der Waals surface area contributed by atoms with Gasteiger partial charge in [-0.2, -0.15) is 5.10 Å². The molecule has 2 aromatic heterocycles. The first-order valence-corrected chi connectivity index (χ1v) is 9.19. The van der Waals surface area contributed by atoms with Crippen LogP contribution < -0.4 is 10.1 Å². The van der Waals surface area contributed by atoms with Crippen molar-refractivity contribution in [2.75, 3.05) is 11.9 Å². The van der Waals surface area contributed by atoms with Crippen molar-refractivity contribution in [3.8, 4) is 5.75 Å². The Balaban J connectivity index is 1.58. The van der Waals surface area contributed by atoms with Crippen molar-refractivity contribution in [1.29, 1.82) is 0 Å². The van der Waals surface area contributed by atoms with E-state index in [0.717, 1.165) is 9.35 Å². The number of rotatable bonds is 6. The average molecular weight is 445 g/mol. The predicted octanol–water partition coefficient (Wildman–Crippen LogP) is 4.57. The van der Waals surface area contributed by atoms with Gasteiger partial charge in [0.15, 0.2) is 6.61 Å². The maximum Gasteiger partial charge on any atom is 0.263 e. The van der Waals surface area contributed by atoms with Crippen LogP contribution in [0.1, 0.15) is 4.88 Å². The molecule has 1 amide bonds. The summed E-state index contributed by atoms with van der Waals surface area (Å²) in [7, 11) is 0. The lowest BCUT2D eigenvalue weighted by atomic mass is 10.3. The van der Waals surface area contributed by atoms with Crippen LogP contribution in [0.4, 0.5) is 10.2 Å². The highest BCUT2D eigenvalue weighted by atomic mass is 79.9. The average Bonchev–Trinajstić information content (AvgIpc) is 3.18. The lowest BCUT2D eigenvalue weighted by Gasteiger charge is -2.09. The maximum absolute atomic E-state index is 13.1. The smallest absolute Gasteiger partial charge is 0.263 e. The zero-order chi connectivity index (χ0) is 17.8. The Bertz CT molecular complexity index is 899. The number of hydrogen-bond donors (Lipinski definition) is 1. The number of carbonyl (C=O) groups excluding carboxylic acids is 1. The third-order valence-electron chi connectivity index (χ3n) is 3.17. The molecule has 0 saturated carbocycles. The lowest BCUT2D eigenvalue weighted by molar-refractivity contribution is -0.118. The molecule has 9 heteroatoms. The molecule has 1 N–H and O–H groups in total. The first-order chi connectivity index (χ1) is 12.0. The fourth-order valence-electron chi connectivity index (χ4n) is 2.04. The highest BCUT2D eigenvalue weighted by molar-refractivity contribution is 9.10. The van der Waals surface area contributed by atoms with Crippen LogP contribution in [0.15, 0.2) is 46.4 Å². The Morgan fingerprint density at radius 2 is 2.24 bits per heavy atom. The van der Waals surface area contributed by atoms with Crippen LogP contribution >= 0.6 is 38.9 Å². The summed E-state index contributed by atoms with van der Waals surface area (Å²) >= 11 is 10.7. The molecule has 2 heterocycles. The standard InChI is InChI=1S/C16H12BrClFN3O2S/c17-10-5-12(25-9-10)7-22-15(3-4-20-22)21-16(23)8-24-11-1-2-14(19)13(18)6-11/h1-6,9H,7-8H2,(H,21,23). The van der Waals surface area contributed by atoms with Crippen molar-refractivity contribution >= 4 is 50.6 Å². The van der Waals surface area contributed by atoms with E-state index in [0.29, 0.717) is 18.1 Å². The largest absolute Gasteiger partial charge is 0.484 e. The van der Waals surface area contributed by atoms with Gasteiger partial charge in [0.25, 0.3) is 5.91 Å². The molecular formula is C16H12BrClFN3O2S. The Morgan fingerprint density at radius 1 is 1.40 bits per heavy atom. The Labute approximate surface area is 160 Å². The molecule has 0 unspecified atom stereocenters. The van der Waals surface area contributed by atoms with Gasteiger partial charge in [-0.15, -0.1) is 11.3 Å². The summed E-state index contributed by atoms with van der Waals surface area (Å²) < 4.78 is 21.1. The number of ether oxygens (including phenoxy) is 1. The predicted molar refractivity (Wildman–Crippen MR) is 98.9 cm³/mol. The second-order valence-corrected chi connectivity index (χ2v) is 7.34. The van der Waals surface area contributed by atoms with Gasteiger partial charge in [-0.1, -0.05) is 11.6 Å². The van der Waals surface area contributed by atoms with Crippen LogP contribution in [0.3, 0.4) is 0 Å². The molecule has 0 spiro atoms. The number of nitrogens with one attached hydrogen (secondary N) is 1. The summed E-state index contributed by atoms with van der Waals surface area (Å²) in [5, 5.41) is 8.87. The second-order valence-electron chi connectivity index (χ2n) is 5.02. The fourth-order valence-corrected chi connectivity index (χ4v) is 3.65. The Kier molecular flexibility index (Phi) is 5.72. The number of anilines is 1. The molecule has 1 aromatic carbocycles. The molecule has 3 aromatic rings. The molecule has 25 heavy (non-hydrogen) atoms. The number of hydrogen-bond acceptors (Lipinski definition) is 4. The topological polar surface area (TPSA) is 56.1 Å². The molecule has 130 valence electrons. The van der Waals surface area contributed by atoms with Crippen molar-refractivity contribution in [3.63, 3.8) is 0 Å². The fraction of sp³-hybridized carbons (Fsp3) is 0.125. The quantitative estimate of drug-likeness (QED) is 0.606. The molecule has 0 bridgehead atoms. The van der Waals surface area contributed by atoms with E-state index in [4.69, 9.17) is 16.3 Å². The normalized spacial score (nSPS) is 10.7. The number of halogens is 3. The Hall–Kier alpha value is -1.90. The highest BCUT2D eigenvalue weighted by Crippen LogP contribution is 2.22. The van der Waals surface area contributed by atoms with Gasteiger partial charge in [-0.3, -0.25) is 4.79 Å². The molecule has 0 aliphatic carbocycles. The van der Waals surface area contributed by atoms with Crippen LogP contribution in [-0.4, -0.2) is 22.3 Å². The summed E-state index contributed by atoms with van der Waals surface area (Å²) in [4.78, 5) is 13.2. The minimum atomic E-state index is -0.539. The van der Waals surface area contributed by atoms with E-state index in [1.807, 2.05) is 11.4 Å². The number of thiophene rings is 1. The van der Waals surface area contributed by atoms with E-state index in [-0.39, 0.29) is 17.5 Å². The Morgan fingerprint density at radius 3 is 2.96 bits per heavy atom. The van der Waals surface area contributed by atoms with Crippen LogP contribution in [0.2, 0.25) is 5.02 Å². The summed E-state index contributed by atoms with van der Waals surface area (Å²) in [5.41, 5.74) is 0. The molecule has 0 aliphatic rings. The summed E-state index contributed by atoms with van der Waals surface area (Å²) in [5.74, 6) is -0.00843. The van der Waals surface area contributed by atoms with E-state index in [1.54, 1.807) is 28.3 Å². The number of benzene rings is 1. The van der Waals surface area contributed by atoms with Crippen LogP contribution in [0.25, 0.3) is 0 Å². The van der Waals surface area contributed by atoms with E-state index in [1.165, 1.54) is 18.2 Å². The van der Waals surface area contributed by atoms with Crippen molar-refractivity contribution < 1.29 is 13.9 Å². The SMILES string of the molecule is O=C(COc1ccc(F)c(Cl)c1)Nc1ccnn1Cc1cc(Br)cs1. The van der Waals surface area contributed by atoms with Crippen molar-refractivity contribution in [1.82, 2.24) is 9.78 Å². The van der Waals surface area contributed by atoms with Gasteiger partial charge in [-0.05, 0) is 34.1 Å². The van der Waals surface area contributed by atoms with Crippen LogP contribution in [0, 0.1) is 5.82 Å². The van der Waals surface area contributed by atoms with Crippen LogP contribution in [0.5, 0.6) is 5.75 Å². The number of nitrogens with zero attached hydrogens (tertiary/aromatic N) is 2. The molecule has 3 rings (SSSR count).